The van der Waals surface area contributed by atoms with Gasteiger partial charge in [-0.1, -0.05) is 0 Å². The molecule has 2 nitrogen and oxygen atoms in total. The van der Waals surface area contributed by atoms with Gasteiger partial charge in [0.2, 0.25) is 0 Å². The van der Waals surface area contributed by atoms with Crippen molar-refractivity contribution in [1.82, 2.24) is 0 Å². The molecule has 0 aliphatic heterocycles. The van der Waals surface area contributed by atoms with Crippen molar-refractivity contribution < 1.29 is 0 Å². The monoisotopic (exact) mass is 320 g/mol. The van der Waals surface area contributed by atoms with E-state index in [0.29, 0.717) is 37.7 Å². The van der Waals surface area contributed by atoms with Gasteiger partial charge in [-0.05, 0) is 0 Å². The number of benzene rings is 2. The Balaban J connectivity index is 2.13. The van der Waals surface area contributed by atoms with E-state index in [4.69, 9.17) is 11.5 Å². The van der Waals surface area contributed by atoms with Gasteiger partial charge in [-0.3, -0.25) is 0 Å². The van der Waals surface area contributed by atoms with E-state index in [1.54, 1.807) is 0 Å². The Hall–Kier alpha value is -1.12. The van der Waals surface area contributed by atoms with Crippen molar-refractivity contribution in [3.05, 3.63) is 71.8 Å². The molecule has 19 heavy (non-hydrogen) atoms. The van der Waals surface area contributed by atoms with E-state index in [1.807, 2.05) is 12.1 Å². The molecule has 0 bridgehead atoms. The quantitative estimate of drug-likeness (QED) is 0.801. The second-order valence-electron chi connectivity index (χ2n) is 4.41. The van der Waals surface area contributed by atoms with Gasteiger partial charge in [-0.25, -0.2) is 0 Å². The Morgan fingerprint density at radius 2 is 1.05 bits per heavy atom. The van der Waals surface area contributed by atoms with Crippen LogP contribution in [-0.2, 0) is 0 Å². The summed E-state index contributed by atoms with van der Waals surface area (Å²) in [6.07, 6.45) is 0. The average molecular weight is 319 g/mol. The summed E-state index contributed by atoms with van der Waals surface area (Å²) in [6, 6.07) is 21.1. The standard InChI is InChI=1S/C16H20N2Se/c17-11-15(13-7-3-1-4-8-13)19-16(12-18)14-9-5-2-6-10-14/h1-10,15-16H,11-12,17-18H2. The van der Waals surface area contributed by atoms with Gasteiger partial charge in [0.1, 0.15) is 0 Å². The topological polar surface area (TPSA) is 52.0 Å². The molecule has 0 spiro atoms. The zero-order chi connectivity index (χ0) is 13.5. The van der Waals surface area contributed by atoms with Gasteiger partial charge < -0.3 is 0 Å². The second-order valence-corrected chi connectivity index (χ2v) is 7.36. The first-order valence-corrected chi connectivity index (χ1v) is 8.48. The number of rotatable bonds is 6. The van der Waals surface area contributed by atoms with Crippen LogP contribution in [0.3, 0.4) is 0 Å². The van der Waals surface area contributed by atoms with E-state index in [9.17, 15) is 0 Å². The molecule has 0 heterocycles. The molecule has 4 N–H and O–H groups in total. The molecule has 2 rings (SSSR count). The van der Waals surface area contributed by atoms with Crippen LogP contribution in [0.4, 0.5) is 0 Å². The molecule has 0 aliphatic carbocycles. The summed E-state index contributed by atoms with van der Waals surface area (Å²) in [4.78, 5) is 0.866. The minimum absolute atomic E-state index is 0.367. The molecule has 0 radical (unpaired) electrons. The van der Waals surface area contributed by atoms with E-state index in [1.165, 1.54) is 11.1 Å². The van der Waals surface area contributed by atoms with Gasteiger partial charge in [-0.2, -0.15) is 0 Å². The molecule has 2 aromatic carbocycles. The first-order chi connectivity index (χ1) is 9.35. The molecular formula is C16H20N2Se. The van der Waals surface area contributed by atoms with Crippen LogP contribution in [0.2, 0.25) is 0 Å². The third-order valence-corrected chi connectivity index (χ3v) is 6.43. The van der Waals surface area contributed by atoms with Gasteiger partial charge in [-0.15, -0.1) is 0 Å². The maximum atomic E-state index is 5.96. The molecule has 100 valence electrons. The van der Waals surface area contributed by atoms with Crippen LogP contribution in [0.15, 0.2) is 60.7 Å². The zero-order valence-electron chi connectivity index (χ0n) is 10.9. The fourth-order valence-electron chi connectivity index (χ4n) is 2.07. The van der Waals surface area contributed by atoms with Crippen LogP contribution in [0, 0.1) is 0 Å². The minimum atomic E-state index is 0.367. The van der Waals surface area contributed by atoms with Gasteiger partial charge in [0.15, 0.2) is 0 Å². The van der Waals surface area contributed by atoms with E-state index < -0.39 is 0 Å². The summed E-state index contributed by atoms with van der Waals surface area (Å²) in [5, 5.41) is 0. The molecule has 0 amide bonds. The van der Waals surface area contributed by atoms with Crippen LogP contribution >= 0.6 is 0 Å². The van der Waals surface area contributed by atoms with Crippen molar-refractivity contribution >= 4 is 15.0 Å². The average Bonchev–Trinajstić information content (AvgIpc) is 2.50. The van der Waals surface area contributed by atoms with Crippen molar-refractivity contribution in [3.63, 3.8) is 0 Å². The molecule has 0 saturated heterocycles. The fraction of sp³-hybridized carbons (Fsp3) is 0.250. The molecule has 0 saturated carbocycles. The van der Waals surface area contributed by atoms with Crippen molar-refractivity contribution in [2.45, 2.75) is 9.63 Å². The Labute approximate surface area is 121 Å². The summed E-state index contributed by atoms with van der Waals surface area (Å²) in [6.45, 7) is 1.38. The Morgan fingerprint density at radius 3 is 1.37 bits per heavy atom. The number of hydrogen-bond acceptors (Lipinski definition) is 2. The molecule has 2 atom stereocenters. The molecule has 0 aliphatic rings. The first kappa shape index (κ1) is 14.3. The summed E-state index contributed by atoms with van der Waals surface area (Å²) in [7, 11) is 0. The maximum absolute atomic E-state index is 5.96. The Morgan fingerprint density at radius 1 is 0.684 bits per heavy atom. The van der Waals surface area contributed by atoms with E-state index in [-0.39, 0.29) is 0 Å². The van der Waals surface area contributed by atoms with Crippen molar-refractivity contribution in [2.75, 3.05) is 13.1 Å². The van der Waals surface area contributed by atoms with Gasteiger partial charge in [0.05, 0.1) is 0 Å². The number of hydrogen-bond donors (Lipinski definition) is 2. The summed E-state index contributed by atoms with van der Waals surface area (Å²) in [5.41, 5.74) is 14.6. The molecule has 2 aromatic rings. The van der Waals surface area contributed by atoms with Crippen molar-refractivity contribution in [3.8, 4) is 0 Å². The predicted octanol–water partition coefficient (Wildman–Crippen LogP) is 2.09. The van der Waals surface area contributed by atoms with Crippen LogP contribution in [0.25, 0.3) is 0 Å². The third kappa shape index (κ3) is 3.92. The summed E-state index contributed by atoms with van der Waals surface area (Å²) < 4.78 is 0. The van der Waals surface area contributed by atoms with Gasteiger partial charge >= 0.3 is 121 Å². The zero-order valence-corrected chi connectivity index (χ0v) is 12.6. The van der Waals surface area contributed by atoms with Crippen LogP contribution in [-0.4, -0.2) is 28.0 Å². The van der Waals surface area contributed by atoms with E-state index >= 15 is 0 Å². The fourth-order valence-corrected chi connectivity index (χ4v) is 4.69. The first-order valence-electron chi connectivity index (χ1n) is 6.50. The van der Waals surface area contributed by atoms with Crippen molar-refractivity contribution in [2.24, 2.45) is 11.5 Å². The van der Waals surface area contributed by atoms with E-state index in [2.05, 4.69) is 48.5 Å². The SMILES string of the molecule is NCC([Se]C(CN)c1ccccc1)c1ccccc1. The third-order valence-electron chi connectivity index (χ3n) is 3.10. The summed E-state index contributed by atoms with van der Waals surface area (Å²) in [5.74, 6) is 0. The normalized spacial score (nSPS) is 14.0. The molecule has 0 aromatic heterocycles. The molecular weight excluding hydrogens is 299 g/mol. The van der Waals surface area contributed by atoms with Gasteiger partial charge in [0, 0.05) is 0 Å². The Kier molecular flexibility index (Phi) is 5.61. The number of nitrogens with two attached hydrogens (primary N) is 2. The van der Waals surface area contributed by atoms with Crippen LogP contribution in [0.1, 0.15) is 20.8 Å². The van der Waals surface area contributed by atoms with Crippen LogP contribution in [0.5, 0.6) is 0 Å². The Bertz CT molecular complexity index is 427. The van der Waals surface area contributed by atoms with E-state index in [0.717, 1.165) is 0 Å². The predicted molar refractivity (Wildman–Crippen MR) is 82.2 cm³/mol. The summed E-state index contributed by atoms with van der Waals surface area (Å²) >= 11 is 0.367. The molecule has 3 heteroatoms. The second kappa shape index (κ2) is 7.46. The van der Waals surface area contributed by atoms with Gasteiger partial charge in [0.25, 0.3) is 0 Å². The van der Waals surface area contributed by atoms with Crippen LogP contribution < -0.4 is 11.5 Å². The molecule has 0 fully saturated rings. The van der Waals surface area contributed by atoms with Crippen molar-refractivity contribution in [1.29, 1.82) is 0 Å². The molecule has 2 unspecified atom stereocenters.